The van der Waals surface area contributed by atoms with E-state index in [1.807, 2.05) is 55.5 Å². The minimum absolute atomic E-state index is 0.0308. The number of fused-ring (bicyclic) bond motifs is 2. The number of halogens is 1. The molecule has 0 spiro atoms. The van der Waals surface area contributed by atoms with Crippen LogP contribution in [0.5, 0.6) is 0 Å². The summed E-state index contributed by atoms with van der Waals surface area (Å²) >= 11 is 7.70. The van der Waals surface area contributed by atoms with E-state index in [0.717, 1.165) is 21.2 Å². The van der Waals surface area contributed by atoms with Crippen LogP contribution in [-0.4, -0.2) is 20.7 Å². The lowest BCUT2D eigenvalue weighted by Gasteiger charge is -2.13. The summed E-state index contributed by atoms with van der Waals surface area (Å²) in [5.41, 5.74) is 0.913. The topological polar surface area (TPSA) is 66.1 Å². The van der Waals surface area contributed by atoms with E-state index in [1.165, 1.54) is 20.5 Å². The summed E-state index contributed by atoms with van der Waals surface area (Å²) in [6, 6.07) is 16.8. The molecule has 0 aliphatic carbocycles. The fraction of sp³-hybridized carbons (Fsp3) is 0.125. The molecule has 5 aromatic rings. The van der Waals surface area contributed by atoms with Crippen molar-refractivity contribution < 1.29 is 4.74 Å². The number of aromatic nitrogens is 3. The van der Waals surface area contributed by atoms with Crippen molar-refractivity contribution >= 4 is 43.9 Å². The molecular formula is C24H18ClN3O3S. The Hall–Kier alpha value is -3.26. The van der Waals surface area contributed by atoms with Crippen molar-refractivity contribution in [2.75, 3.05) is 6.61 Å². The Balaban J connectivity index is 1.86. The zero-order chi connectivity index (χ0) is 22.2. The number of nitrogens with zero attached hydrogens (tertiary/aromatic N) is 3. The first kappa shape index (κ1) is 20.6. The highest BCUT2D eigenvalue weighted by Crippen LogP contribution is 2.35. The van der Waals surface area contributed by atoms with Gasteiger partial charge in [-0.3, -0.25) is 14.3 Å². The molecule has 3 heterocycles. The molecule has 0 bridgehead atoms. The molecule has 5 rings (SSSR count). The summed E-state index contributed by atoms with van der Waals surface area (Å²) in [5, 5.41) is 2.19. The maximum atomic E-state index is 13.6. The van der Waals surface area contributed by atoms with Gasteiger partial charge in [-0.15, -0.1) is 11.3 Å². The quantitative estimate of drug-likeness (QED) is 0.364. The molecule has 0 aliphatic rings. The van der Waals surface area contributed by atoms with Crippen molar-refractivity contribution in [3.05, 3.63) is 92.9 Å². The van der Waals surface area contributed by atoms with E-state index in [0.29, 0.717) is 27.5 Å². The van der Waals surface area contributed by atoms with Gasteiger partial charge in [0.25, 0.3) is 5.56 Å². The first-order valence-corrected chi connectivity index (χ1v) is 11.2. The molecule has 0 fully saturated rings. The Labute approximate surface area is 191 Å². The predicted molar refractivity (Wildman–Crippen MR) is 129 cm³/mol. The van der Waals surface area contributed by atoms with Gasteiger partial charge in [0, 0.05) is 39.0 Å². The average molecular weight is 464 g/mol. The van der Waals surface area contributed by atoms with E-state index in [4.69, 9.17) is 16.3 Å². The van der Waals surface area contributed by atoms with Gasteiger partial charge in [0.1, 0.15) is 11.4 Å². The first-order valence-electron chi connectivity index (χ1n) is 10.0. The van der Waals surface area contributed by atoms with Gasteiger partial charge in [0.15, 0.2) is 0 Å². The molecule has 0 atom stereocenters. The van der Waals surface area contributed by atoms with Crippen LogP contribution in [0.2, 0.25) is 5.02 Å². The van der Waals surface area contributed by atoms with Crippen LogP contribution < -0.4 is 11.2 Å². The number of benzene rings is 2. The summed E-state index contributed by atoms with van der Waals surface area (Å²) in [5.74, 6) is 0. The SMILES string of the molecule is CCOCn1c(=O)n(-c2cncc3ccccc23)c(=O)c2sc(-c3ccccc3Cl)cc21. The third kappa shape index (κ3) is 3.35. The molecule has 32 heavy (non-hydrogen) atoms. The molecule has 8 heteroatoms. The molecule has 160 valence electrons. The van der Waals surface area contributed by atoms with Crippen LogP contribution in [0.15, 0.2) is 76.6 Å². The number of hydrogen-bond donors (Lipinski definition) is 0. The molecule has 0 saturated carbocycles. The van der Waals surface area contributed by atoms with Crippen LogP contribution in [0.4, 0.5) is 0 Å². The second kappa shape index (κ2) is 8.35. The van der Waals surface area contributed by atoms with Crippen molar-refractivity contribution in [3.8, 4) is 16.1 Å². The molecule has 0 aliphatic heterocycles. The molecule has 0 radical (unpaired) electrons. The van der Waals surface area contributed by atoms with Crippen molar-refractivity contribution in [1.29, 1.82) is 0 Å². The largest absolute Gasteiger partial charge is 0.361 e. The Morgan fingerprint density at radius 2 is 1.84 bits per heavy atom. The van der Waals surface area contributed by atoms with E-state index in [9.17, 15) is 9.59 Å². The molecule has 0 N–H and O–H groups in total. The second-order valence-electron chi connectivity index (χ2n) is 7.16. The summed E-state index contributed by atoms with van der Waals surface area (Å²) < 4.78 is 8.70. The Morgan fingerprint density at radius 1 is 1.06 bits per heavy atom. The van der Waals surface area contributed by atoms with E-state index < -0.39 is 5.69 Å². The second-order valence-corrected chi connectivity index (χ2v) is 8.62. The van der Waals surface area contributed by atoms with Crippen LogP contribution in [0.3, 0.4) is 0 Å². The number of rotatable bonds is 5. The lowest BCUT2D eigenvalue weighted by Crippen LogP contribution is -2.39. The maximum absolute atomic E-state index is 13.6. The van der Waals surface area contributed by atoms with Crippen molar-refractivity contribution in [2.24, 2.45) is 0 Å². The highest BCUT2D eigenvalue weighted by molar-refractivity contribution is 7.22. The minimum atomic E-state index is -0.474. The highest BCUT2D eigenvalue weighted by Gasteiger charge is 2.20. The van der Waals surface area contributed by atoms with E-state index in [-0.39, 0.29) is 12.3 Å². The molecule has 0 amide bonds. The first-order chi connectivity index (χ1) is 15.6. The van der Waals surface area contributed by atoms with Gasteiger partial charge in [-0.05, 0) is 19.1 Å². The van der Waals surface area contributed by atoms with Gasteiger partial charge in [-0.1, -0.05) is 54.1 Å². The summed E-state index contributed by atoms with van der Waals surface area (Å²) in [6.45, 7) is 2.32. The van der Waals surface area contributed by atoms with Crippen LogP contribution >= 0.6 is 22.9 Å². The average Bonchev–Trinajstić information content (AvgIpc) is 3.25. The Bertz CT molecular complexity index is 1580. The Morgan fingerprint density at radius 3 is 2.66 bits per heavy atom. The predicted octanol–water partition coefficient (Wildman–Crippen LogP) is 5.08. The van der Waals surface area contributed by atoms with E-state index in [1.54, 1.807) is 18.5 Å². The van der Waals surface area contributed by atoms with Crippen molar-refractivity contribution in [3.63, 3.8) is 0 Å². The van der Waals surface area contributed by atoms with Crippen molar-refractivity contribution in [2.45, 2.75) is 13.7 Å². The fourth-order valence-electron chi connectivity index (χ4n) is 3.74. The molecule has 6 nitrogen and oxygen atoms in total. The summed E-state index contributed by atoms with van der Waals surface area (Å²) in [7, 11) is 0. The molecule has 2 aromatic carbocycles. The van der Waals surface area contributed by atoms with Gasteiger partial charge in [-0.2, -0.15) is 0 Å². The number of pyridine rings is 1. The van der Waals surface area contributed by atoms with Crippen molar-refractivity contribution in [1.82, 2.24) is 14.1 Å². The van der Waals surface area contributed by atoms with Crippen LogP contribution in [0.25, 0.3) is 37.1 Å². The summed E-state index contributed by atoms with van der Waals surface area (Å²) in [4.78, 5) is 32.2. The number of ether oxygens (including phenoxy) is 1. The lowest BCUT2D eigenvalue weighted by molar-refractivity contribution is 0.0871. The van der Waals surface area contributed by atoms with Gasteiger partial charge in [-0.25, -0.2) is 9.36 Å². The van der Waals surface area contributed by atoms with Crippen LogP contribution in [-0.2, 0) is 11.5 Å². The standard InChI is InChI=1S/C24H18ClN3O3S/c1-2-31-14-27-19-11-21(17-9-5-6-10-18(17)25)32-22(19)23(29)28(24(27)30)20-13-26-12-15-7-3-4-8-16(15)20/h3-13H,2,14H2,1H3. The number of thiophene rings is 1. The molecule has 3 aromatic heterocycles. The van der Waals surface area contributed by atoms with Crippen LogP contribution in [0.1, 0.15) is 6.92 Å². The third-order valence-electron chi connectivity index (χ3n) is 5.27. The van der Waals surface area contributed by atoms with Gasteiger partial charge < -0.3 is 4.74 Å². The monoisotopic (exact) mass is 463 g/mol. The molecule has 0 unspecified atom stereocenters. The van der Waals surface area contributed by atoms with Gasteiger partial charge in [0.2, 0.25) is 0 Å². The third-order valence-corrected chi connectivity index (χ3v) is 6.75. The maximum Gasteiger partial charge on any atom is 0.338 e. The highest BCUT2D eigenvalue weighted by atomic mass is 35.5. The smallest absolute Gasteiger partial charge is 0.338 e. The van der Waals surface area contributed by atoms with E-state index in [2.05, 4.69) is 4.98 Å². The number of hydrogen-bond acceptors (Lipinski definition) is 5. The zero-order valence-corrected chi connectivity index (χ0v) is 18.7. The van der Waals surface area contributed by atoms with Gasteiger partial charge in [0.05, 0.1) is 17.4 Å². The normalized spacial score (nSPS) is 11.4. The zero-order valence-electron chi connectivity index (χ0n) is 17.1. The van der Waals surface area contributed by atoms with E-state index >= 15 is 0 Å². The molecular weight excluding hydrogens is 446 g/mol. The minimum Gasteiger partial charge on any atom is -0.361 e. The summed E-state index contributed by atoms with van der Waals surface area (Å²) in [6.07, 6.45) is 3.26. The van der Waals surface area contributed by atoms with Gasteiger partial charge >= 0.3 is 5.69 Å². The molecule has 0 saturated heterocycles. The lowest BCUT2D eigenvalue weighted by atomic mass is 10.1. The Kier molecular flexibility index (Phi) is 5.38. The fourth-order valence-corrected chi connectivity index (χ4v) is 5.16. The van der Waals surface area contributed by atoms with Crippen LogP contribution in [0, 0.1) is 0 Å².